The van der Waals surface area contributed by atoms with Gasteiger partial charge >= 0.3 is 0 Å². The Balaban J connectivity index is 1.89. The van der Waals surface area contributed by atoms with Crippen molar-refractivity contribution in [2.45, 2.75) is 30.3 Å². The van der Waals surface area contributed by atoms with E-state index < -0.39 is 10.0 Å². The van der Waals surface area contributed by atoms with E-state index in [9.17, 15) is 8.42 Å². The third kappa shape index (κ3) is 5.62. The summed E-state index contributed by atoms with van der Waals surface area (Å²) in [6, 6.07) is 28.8. The highest BCUT2D eigenvalue weighted by molar-refractivity contribution is 9.10. The fraction of sp³-hybridized carbons (Fsp3) is 0.154. The third-order valence-electron chi connectivity index (χ3n) is 5.59. The summed E-state index contributed by atoms with van der Waals surface area (Å²) >= 11 is 3.35. The van der Waals surface area contributed by atoms with Gasteiger partial charge < -0.3 is 9.73 Å². The van der Waals surface area contributed by atoms with Crippen LogP contribution in [0.2, 0.25) is 0 Å². The van der Waals surface area contributed by atoms with Gasteiger partial charge in [0.2, 0.25) is 10.0 Å². The summed E-state index contributed by atoms with van der Waals surface area (Å²) in [6.45, 7) is 2.32. The molecule has 170 valence electrons. The highest BCUT2D eigenvalue weighted by Gasteiger charge is 2.30. The fourth-order valence-electron chi connectivity index (χ4n) is 4.10. The van der Waals surface area contributed by atoms with Crippen LogP contribution >= 0.6 is 15.9 Å². The molecule has 0 radical (unpaired) electrons. The molecule has 0 aliphatic rings. The zero-order chi connectivity index (χ0) is 23.4. The molecular weight excluding hydrogens is 500 g/mol. The zero-order valence-electron chi connectivity index (χ0n) is 18.1. The summed E-state index contributed by atoms with van der Waals surface area (Å²) in [5, 5.41) is 9.29. The van der Waals surface area contributed by atoms with Crippen molar-refractivity contribution in [1.82, 2.24) is 5.32 Å². The van der Waals surface area contributed by atoms with Crippen molar-refractivity contribution in [3.8, 4) is 0 Å². The van der Waals surface area contributed by atoms with Gasteiger partial charge in [0.25, 0.3) is 0 Å². The molecule has 0 bridgehead atoms. The summed E-state index contributed by atoms with van der Waals surface area (Å²) in [4.78, 5) is 0.139. The number of sulfonamides is 1. The molecule has 0 spiro atoms. The van der Waals surface area contributed by atoms with Gasteiger partial charge in [0.15, 0.2) is 4.67 Å². The number of rotatable bonds is 8. The summed E-state index contributed by atoms with van der Waals surface area (Å²) in [6.07, 6.45) is 0. The second-order valence-corrected chi connectivity index (χ2v) is 10.3. The van der Waals surface area contributed by atoms with E-state index >= 15 is 0 Å². The second-order valence-electron chi connectivity index (χ2n) is 7.95. The van der Waals surface area contributed by atoms with Crippen molar-refractivity contribution in [2.75, 3.05) is 0 Å². The van der Waals surface area contributed by atoms with Crippen LogP contribution in [0.15, 0.2) is 105 Å². The summed E-state index contributed by atoms with van der Waals surface area (Å²) in [5.41, 5.74) is 3.49. The van der Waals surface area contributed by atoms with E-state index in [1.807, 2.05) is 91.9 Å². The first-order valence-corrected chi connectivity index (χ1v) is 12.9. The van der Waals surface area contributed by atoms with E-state index in [1.165, 1.54) is 0 Å². The minimum Gasteiger partial charge on any atom is -0.453 e. The van der Waals surface area contributed by atoms with Crippen LogP contribution in [0.25, 0.3) is 0 Å². The maximum Gasteiger partial charge on any atom is 0.238 e. The Bertz CT molecular complexity index is 1320. The number of hydrogen-bond donors (Lipinski definition) is 2. The Morgan fingerprint density at radius 3 is 2.12 bits per heavy atom. The van der Waals surface area contributed by atoms with Crippen molar-refractivity contribution in [3.63, 3.8) is 0 Å². The van der Waals surface area contributed by atoms with Gasteiger partial charge in [-0.05, 0) is 63.3 Å². The molecule has 3 N–H and O–H groups in total. The summed E-state index contributed by atoms with van der Waals surface area (Å²) in [7, 11) is -3.94. The van der Waals surface area contributed by atoms with E-state index in [0.717, 1.165) is 22.5 Å². The smallest absolute Gasteiger partial charge is 0.238 e. The molecule has 1 aromatic heterocycles. The average Bonchev–Trinajstić information content (AvgIpc) is 3.22. The molecule has 4 rings (SSSR count). The highest BCUT2D eigenvalue weighted by atomic mass is 79.9. The van der Waals surface area contributed by atoms with Crippen LogP contribution in [0.3, 0.4) is 0 Å². The largest absolute Gasteiger partial charge is 0.453 e. The molecule has 0 fully saturated rings. The number of nitrogens with two attached hydrogens (primary N) is 1. The molecule has 5 nitrogen and oxygen atoms in total. The van der Waals surface area contributed by atoms with Crippen LogP contribution in [-0.2, 0) is 16.6 Å². The number of hydrogen-bond acceptors (Lipinski definition) is 4. The highest BCUT2D eigenvalue weighted by Crippen LogP contribution is 2.40. The predicted octanol–water partition coefficient (Wildman–Crippen LogP) is 5.66. The van der Waals surface area contributed by atoms with Crippen molar-refractivity contribution in [3.05, 3.63) is 124 Å². The quantitative estimate of drug-likeness (QED) is 0.311. The van der Waals surface area contributed by atoms with E-state index in [1.54, 1.807) is 6.07 Å². The molecule has 0 amide bonds. The molecular formula is C26H25BrN2O3S. The van der Waals surface area contributed by atoms with Crippen LogP contribution in [-0.4, -0.2) is 8.42 Å². The molecule has 0 aliphatic heterocycles. The van der Waals surface area contributed by atoms with Crippen LogP contribution < -0.4 is 10.5 Å². The first-order chi connectivity index (χ1) is 15.8. The second kappa shape index (κ2) is 10.1. The number of furan rings is 1. The SMILES string of the molecule is Cc1ccc([C@@H](c2ccccc2)[C@@H](NCc2ccc(Br)o2)c2ccccc2)c(S(N)(=O)=O)c1. The Labute approximate surface area is 202 Å². The molecule has 3 aromatic carbocycles. The zero-order valence-corrected chi connectivity index (χ0v) is 20.5. The lowest BCUT2D eigenvalue weighted by Crippen LogP contribution is -2.29. The van der Waals surface area contributed by atoms with Crippen LogP contribution in [0, 0.1) is 6.92 Å². The van der Waals surface area contributed by atoms with Crippen molar-refractivity contribution in [2.24, 2.45) is 5.14 Å². The number of benzene rings is 3. The van der Waals surface area contributed by atoms with Gasteiger partial charge in [-0.2, -0.15) is 0 Å². The van der Waals surface area contributed by atoms with Gasteiger partial charge in [-0.25, -0.2) is 13.6 Å². The van der Waals surface area contributed by atoms with E-state index in [2.05, 4.69) is 21.2 Å². The molecule has 7 heteroatoms. The molecule has 1 heterocycles. The van der Waals surface area contributed by atoms with Gasteiger partial charge in [-0.1, -0.05) is 72.8 Å². The molecule has 33 heavy (non-hydrogen) atoms. The van der Waals surface area contributed by atoms with Crippen LogP contribution in [0.4, 0.5) is 0 Å². The molecule has 0 unspecified atom stereocenters. The standard InChI is InChI=1S/C26H25BrN2O3S/c1-18-12-14-22(23(16-18)33(28,30)31)25(19-8-4-2-5-9-19)26(20-10-6-3-7-11-20)29-17-21-13-15-24(27)32-21/h2-16,25-26,29H,17H2,1H3,(H2,28,30,31)/t25-,26+/m1/s1. The lowest BCUT2D eigenvalue weighted by molar-refractivity contribution is 0.418. The third-order valence-corrected chi connectivity index (χ3v) is 6.98. The Hall–Kier alpha value is -2.71. The van der Waals surface area contributed by atoms with Crippen molar-refractivity contribution in [1.29, 1.82) is 0 Å². The molecule has 0 saturated carbocycles. The van der Waals surface area contributed by atoms with Gasteiger partial charge in [0.1, 0.15) is 5.76 Å². The van der Waals surface area contributed by atoms with E-state index in [4.69, 9.17) is 9.56 Å². The maximum absolute atomic E-state index is 12.6. The number of nitrogens with one attached hydrogen (secondary N) is 1. The first kappa shape index (κ1) is 23.4. The Morgan fingerprint density at radius 2 is 1.55 bits per heavy atom. The lowest BCUT2D eigenvalue weighted by atomic mass is 9.81. The molecule has 0 saturated heterocycles. The van der Waals surface area contributed by atoms with Crippen molar-refractivity contribution >= 4 is 26.0 Å². The van der Waals surface area contributed by atoms with Crippen LogP contribution in [0.1, 0.15) is 40.0 Å². The monoisotopic (exact) mass is 524 g/mol. The average molecular weight is 525 g/mol. The van der Waals surface area contributed by atoms with E-state index in [-0.39, 0.29) is 16.9 Å². The minimum absolute atomic E-state index is 0.139. The number of aryl methyl sites for hydroxylation is 1. The van der Waals surface area contributed by atoms with Gasteiger partial charge in [0, 0.05) is 12.0 Å². The van der Waals surface area contributed by atoms with Gasteiger partial charge in [-0.15, -0.1) is 0 Å². The normalized spacial score (nSPS) is 13.5. The summed E-state index contributed by atoms with van der Waals surface area (Å²) < 4.78 is 31.6. The Kier molecular flexibility index (Phi) is 7.14. The molecule has 4 aromatic rings. The first-order valence-electron chi connectivity index (χ1n) is 10.5. The number of halogens is 1. The van der Waals surface area contributed by atoms with Gasteiger partial charge in [-0.3, -0.25) is 0 Å². The molecule has 0 aliphatic carbocycles. The van der Waals surface area contributed by atoms with Crippen LogP contribution in [0.5, 0.6) is 0 Å². The molecule has 2 atom stereocenters. The minimum atomic E-state index is -3.94. The maximum atomic E-state index is 12.6. The topological polar surface area (TPSA) is 85.3 Å². The predicted molar refractivity (Wildman–Crippen MR) is 133 cm³/mol. The Morgan fingerprint density at radius 1 is 0.909 bits per heavy atom. The fourth-order valence-corrected chi connectivity index (χ4v) is 5.32. The van der Waals surface area contributed by atoms with Gasteiger partial charge in [0.05, 0.1) is 11.4 Å². The summed E-state index contributed by atoms with van der Waals surface area (Å²) in [5.74, 6) is 0.450. The lowest BCUT2D eigenvalue weighted by Gasteiger charge is -2.31. The number of primary sulfonamides is 1. The van der Waals surface area contributed by atoms with Crippen molar-refractivity contribution < 1.29 is 12.8 Å². The van der Waals surface area contributed by atoms with E-state index in [0.29, 0.717) is 16.8 Å².